The molecule has 2 heterocycles. The van der Waals surface area contributed by atoms with E-state index in [-0.39, 0.29) is 37.1 Å². The molecule has 0 aromatic heterocycles. The maximum Gasteiger partial charge on any atom is 0.305 e. The number of nitrogens with one attached hydrogen (secondary N) is 1. The maximum absolute atomic E-state index is 13.2. The predicted molar refractivity (Wildman–Crippen MR) is 163 cm³/mol. The van der Waals surface area contributed by atoms with Crippen LogP contribution in [0.1, 0.15) is 66.2 Å². The average Bonchev–Trinajstić information content (AvgIpc) is 2.94. The first kappa shape index (κ1) is 38.5. The largest absolute Gasteiger partial charge is 0.459 e. The summed E-state index contributed by atoms with van der Waals surface area (Å²) in [5.74, 6) is -1.73. The quantitative estimate of drug-likeness (QED) is 0.214. The summed E-state index contributed by atoms with van der Waals surface area (Å²) in [5, 5.41) is 36.2. The van der Waals surface area contributed by atoms with Crippen molar-refractivity contribution in [3.8, 4) is 0 Å². The van der Waals surface area contributed by atoms with Crippen molar-refractivity contribution in [3.05, 3.63) is 0 Å². The highest BCUT2D eigenvalue weighted by atomic mass is 16.7. The molecule has 0 spiro atoms. The zero-order valence-electron chi connectivity index (χ0n) is 27.8. The van der Waals surface area contributed by atoms with Crippen LogP contribution in [0.2, 0.25) is 0 Å². The summed E-state index contributed by atoms with van der Waals surface area (Å²) >= 11 is 0. The normalized spacial score (nSPS) is 39.0. The lowest BCUT2D eigenvalue weighted by molar-refractivity contribution is -0.309. The van der Waals surface area contributed by atoms with Gasteiger partial charge in [-0.1, -0.05) is 13.8 Å². The summed E-state index contributed by atoms with van der Waals surface area (Å²) in [6, 6.07) is -0.870. The van der Waals surface area contributed by atoms with Gasteiger partial charge in [0.2, 0.25) is 5.91 Å². The number of methoxy groups -OCH3 is 1. The van der Waals surface area contributed by atoms with Crippen molar-refractivity contribution < 1.29 is 48.7 Å². The second-order valence-electron chi connectivity index (χ2n) is 12.8. The van der Waals surface area contributed by atoms with Crippen molar-refractivity contribution in [2.75, 3.05) is 41.3 Å². The molecule has 0 aromatic carbocycles. The van der Waals surface area contributed by atoms with E-state index in [1.807, 2.05) is 25.8 Å². The van der Waals surface area contributed by atoms with Crippen molar-refractivity contribution in [2.24, 2.45) is 11.8 Å². The minimum absolute atomic E-state index is 0.00715. The third-order valence-corrected chi connectivity index (χ3v) is 8.89. The zero-order valence-corrected chi connectivity index (χ0v) is 27.8. The van der Waals surface area contributed by atoms with Crippen molar-refractivity contribution >= 4 is 18.2 Å². The number of likely N-dealkylation sites (N-methyl/N-ethyl adjacent to an activating group) is 2. The van der Waals surface area contributed by atoms with E-state index in [1.54, 1.807) is 32.8 Å². The number of β-amino-alcohol motifs (C(OH)–C–C–N with tert-alkyl or cyclic N) is 1. The molecule has 2 rings (SSSR count). The van der Waals surface area contributed by atoms with Gasteiger partial charge in [-0.05, 0) is 72.6 Å². The van der Waals surface area contributed by atoms with E-state index in [1.165, 1.54) is 7.11 Å². The van der Waals surface area contributed by atoms with E-state index >= 15 is 0 Å². The van der Waals surface area contributed by atoms with Gasteiger partial charge in [0.15, 0.2) is 6.29 Å². The van der Waals surface area contributed by atoms with Crippen LogP contribution in [-0.4, -0.2) is 146 Å². The second-order valence-corrected chi connectivity index (χ2v) is 12.8. The fourth-order valence-corrected chi connectivity index (χ4v) is 6.29. The number of hydrogen-bond acceptors (Lipinski definition) is 12. The molecule has 2 saturated heterocycles. The van der Waals surface area contributed by atoms with Gasteiger partial charge >= 0.3 is 5.97 Å². The smallest absolute Gasteiger partial charge is 0.305 e. The first-order valence-corrected chi connectivity index (χ1v) is 15.9. The molecule has 4 N–H and O–H groups in total. The topological polar surface area (TPSA) is 167 Å². The summed E-state index contributed by atoms with van der Waals surface area (Å²) in [4.78, 5) is 41.6. The number of carbonyl (C=O) groups excluding carboxylic acids is 3. The van der Waals surface area contributed by atoms with Gasteiger partial charge in [0.1, 0.15) is 24.6 Å². The van der Waals surface area contributed by atoms with Gasteiger partial charge in [0.25, 0.3) is 0 Å². The maximum atomic E-state index is 13.2. The van der Waals surface area contributed by atoms with Gasteiger partial charge in [-0.25, -0.2) is 0 Å². The fourth-order valence-electron chi connectivity index (χ4n) is 6.29. The van der Waals surface area contributed by atoms with E-state index in [9.17, 15) is 29.7 Å². The molecular formula is C31H57N3O10. The van der Waals surface area contributed by atoms with Gasteiger partial charge in [-0.3, -0.25) is 9.59 Å². The average molecular weight is 632 g/mol. The van der Waals surface area contributed by atoms with Crippen LogP contribution in [0.25, 0.3) is 0 Å². The summed E-state index contributed by atoms with van der Waals surface area (Å²) in [6.07, 6.45) is -5.64. The summed E-state index contributed by atoms with van der Waals surface area (Å²) in [6.45, 7) is 8.26. The van der Waals surface area contributed by atoms with Crippen LogP contribution in [0.5, 0.6) is 0 Å². The fraction of sp³-hybridized carbons (Fsp3) is 0.903. The Kier molecular flexibility index (Phi) is 16.1. The molecule has 2 aliphatic rings. The molecule has 1 amide bonds. The van der Waals surface area contributed by atoms with Gasteiger partial charge in [0.05, 0.1) is 36.9 Å². The molecule has 256 valence electrons. The Balaban J connectivity index is 2.61. The highest BCUT2D eigenvalue weighted by molar-refractivity contribution is 5.77. The molecule has 0 bridgehead atoms. The van der Waals surface area contributed by atoms with Crippen LogP contribution in [-0.2, 0) is 33.3 Å². The number of nitrogens with zero attached hydrogens (tertiary/aromatic N) is 2. The zero-order chi connectivity index (χ0) is 33.1. The lowest BCUT2D eigenvalue weighted by Gasteiger charge is -2.47. The summed E-state index contributed by atoms with van der Waals surface area (Å²) in [7, 11) is 6.80. The molecule has 12 atom stereocenters. The van der Waals surface area contributed by atoms with Gasteiger partial charge in [-0.15, -0.1) is 0 Å². The number of aldehydes is 1. The van der Waals surface area contributed by atoms with Crippen molar-refractivity contribution in [2.45, 2.75) is 127 Å². The van der Waals surface area contributed by atoms with E-state index in [0.29, 0.717) is 13.0 Å². The van der Waals surface area contributed by atoms with Crippen LogP contribution >= 0.6 is 0 Å². The summed E-state index contributed by atoms with van der Waals surface area (Å²) < 4.78 is 24.2. The number of carbonyl (C=O) groups is 3. The Morgan fingerprint density at radius 3 is 2.43 bits per heavy atom. The van der Waals surface area contributed by atoms with Gasteiger partial charge in [-0.2, -0.15) is 0 Å². The van der Waals surface area contributed by atoms with Crippen molar-refractivity contribution in [1.82, 2.24) is 15.1 Å². The number of rotatable bonds is 8. The third kappa shape index (κ3) is 11.0. The third-order valence-electron chi connectivity index (χ3n) is 8.89. The van der Waals surface area contributed by atoms with Crippen LogP contribution in [0.15, 0.2) is 0 Å². The predicted octanol–water partition coefficient (Wildman–Crippen LogP) is 0.318. The highest BCUT2D eigenvalue weighted by Gasteiger charge is 2.48. The minimum atomic E-state index is -1.29. The number of amides is 1. The van der Waals surface area contributed by atoms with Crippen LogP contribution in [0.4, 0.5) is 0 Å². The van der Waals surface area contributed by atoms with Crippen LogP contribution in [0, 0.1) is 11.8 Å². The van der Waals surface area contributed by atoms with Gasteiger partial charge in [0, 0.05) is 32.5 Å². The monoisotopic (exact) mass is 631 g/mol. The molecule has 13 heteroatoms. The molecule has 0 aromatic rings. The van der Waals surface area contributed by atoms with E-state index < -0.39 is 66.9 Å². The Bertz CT molecular complexity index is 895. The van der Waals surface area contributed by atoms with Crippen molar-refractivity contribution in [1.29, 1.82) is 0 Å². The molecule has 2 fully saturated rings. The Hall–Kier alpha value is -1.71. The Morgan fingerprint density at radius 1 is 1.16 bits per heavy atom. The number of esters is 1. The van der Waals surface area contributed by atoms with E-state index in [0.717, 1.165) is 25.7 Å². The minimum Gasteiger partial charge on any atom is -0.459 e. The van der Waals surface area contributed by atoms with Crippen LogP contribution < -0.4 is 5.32 Å². The molecule has 4 unspecified atom stereocenters. The number of aliphatic hydroxyl groups is 3. The number of ether oxygens (including phenoxy) is 4. The molecular weight excluding hydrogens is 574 g/mol. The lowest BCUT2D eigenvalue weighted by Crippen LogP contribution is -2.63. The molecule has 0 radical (unpaired) electrons. The Labute approximate surface area is 262 Å². The first-order valence-electron chi connectivity index (χ1n) is 15.9. The summed E-state index contributed by atoms with van der Waals surface area (Å²) in [5.41, 5.74) is 0. The standard InChI is InChI=1S/C31H57N3O10/c1-9-25(38)43-23-16-24(37)32-19(3)11-10-13-34(7)17-22(36)18(2)15-21(12-14-35)29(30(23)41-8)44-31-28(40)26(33(5)6)27(39)20(4)42-31/h14,18-23,26-31,36,39-40H,9-13,15-17H2,1-8H3,(H,32,37)/t18-,19?,20?,21+,22+,23-,26?,27+,28?,29+,30+,31+/m1/s1. The highest BCUT2D eigenvalue weighted by Crippen LogP contribution is 2.33. The molecule has 2 aliphatic heterocycles. The Morgan fingerprint density at radius 2 is 1.84 bits per heavy atom. The second kappa shape index (κ2) is 18.4. The van der Waals surface area contributed by atoms with Crippen LogP contribution in [0.3, 0.4) is 0 Å². The SMILES string of the molecule is CCC(=O)O[C@@H]1CC(=O)NC(C)CCCN(C)C[C@H](O)[C@H](C)C[C@H](CC=O)[C@H](O[C@@H]2OC(C)[C@H](O)C(N(C)C)C2O)[C@H]1OC. The number of aliphatic hydroxyl groups excluding tert-OH is 3. The lowest BCUT2D eigenvalue weighted by atomic mass is 9.82. The first-order chi connectivity index (χ1) is 20.7. The van der Waals surface area contributed by atoms with E-state index in [4.69, 9.17) is 18.9 Å². The van der Waals surface area contributed by atoms with E-state index in [2.05, 4.69) is 5.32 Å². The molecule has 13 nitrogen and oxygen atoms in total. The molecule has 0 aliphatic carbocycles. The van der Waals surface area contributed by atoms with Gasteiger partial charge < -0.3 is 54.2 Å². The molecule has 44 heavy (non-hydrogen) atoms. The molecule has 0 saturated carbocycles. The number of hydrogen-bond donors (Lipinski definition) is 4. The van der Waals surface area contributed by atoms with Crippen molar-refractivity contribution in [3.63, 3.8) is 0 Å².